The van der Waals surface area contributed by atoms with Crippen LogP contribution in [-0.2, 0) is 7.05 Å². The molecule has 0 saturated carbocycles. The zero-order valence-electron chi connectivity index (χ0n) is 16.9. The van der Waals surface area contributed by atoms with Gasteiger partial charge in [0.1, 0.15) is 5.75 Å². The molecule has 0 radical (unpaired) electrons. The van der Waals surface area contributed by atoms with Crippen LogP contribution in [0.1, 0.15) is 21.7 Å². The number of amides is 1. The number of carbonyl (C=O) groups is 1. The smallest absolute Gasteiger partial charge is 0.256 e. The molecule has 0 saturated heterocycles. The fraction of sp³-hybridized carbons (Fsp3) is 0.174. The van der Waals surface area contributed by atoms with E-state index in [1.807, 2.05) is 74.1 Å². The van der Waals surface area contributed by atoms with Gasteiger partial charge in [-0.2, -0.15) is 5.10 Å². The van der Waals surface area contributed by atoms with Crippen LogP contribution in [0.5, 0.6) is 5.75 Å². The summed E-state index contributed by atoms with van der Waals surface area (Å²) >= 11 is 0. The average Bonchev–Trinajstić information content (AvgIpc) is 2.98. The quantitative estimate of drug-likeness (QED) is 0.560. The molecule has 0 aliphatic heterocycles. The van der Waals surface area contributed by atoms with Gasteiger partial charge in [0.15, 0.2) is 0 Å². The largest absolute Gasteiger partial charge is 0.497 e. The van der Waals surface area contributed by atoms with E-state index in [2.05, 4.69) is 10.4 Å². The van der Waals surface area contributed by atoms with E-state index in [4.69, 9.17) is 9.72 Å². The highest BCUT2D eigenvalue weighted by Gasteiger charge is 2.18. The average molecular weight is 386 g/mol. The molecule has 29 heavy (non-hydrogen) atoms. The Kier molecular flexibility index (Phi) is 4.76. The maximum atomic E-state index is 13.2. The van der Waals surface area contributed by atoms with Crippen LogP contribution in [0.15, 0.2) is 54.6 Å². The molecule has 0 spiro atoms. The van der Waals surface area contributed by atoms with Crippen LogP contribution in [0.3, 0.4) is 0 Å². The Labute approximate surface area is 169 Å². The highest BCUT2D eigenvalue weighted by Crippen LogP contribution is 2.29. The zero-order chi connectivity index (χ0) is 20.5. The number of pyridine rings is 1. The number of hydrogen-bond donors (Lipinski definition) is 1. The van der Waals surface area contributed by atoms with Gasteiger partial charge >= 0.3 is 0 Å². The molecule has 0 atom stereocenters. The lowest BCUT2D eigenvalue weighted by Crippen LogP contribution is -2.13. The second-order valence-corrected chi connectivity index (χ2v) is 6.93. The van der Waals surface area contributed by atoms with Gasteiger partial charge in [0, 0.05) is 35.4 Å². The number of nitrogens with zero attached hydrogens (tertiary/aromatic N) is 3. The molecule has 6 heteroatoms. The van der Waals surface area contributed by atoms with Crippen molar-refractivity contribution in [3.8, 4) is 17.0 Å². The van der Waals surface area contributed by atoms with Crippen LogP contribution < -0.4 is 10.1 Å². The monoisotopic (exact) mass is 386 g/mol. The molecule has 1 N–H and O–H groups in total. The van der Waals surface area contributed by atoms with E-state index in [1.54, 1.807) is 13.2 Å². The highest BCUT2D eigenvalue weighted by atomic mass is 16.5. The molecule has 0 unspecified atom stereocenters. The maximum Gasteiger partial charge on any atom is 0.256 e. The zero-order valence-corrected chi connectivity index (χ0v) is 16.9. The number of hydrogen-bond acceptors (Lipinski definition) is 4. The van der Waals surface area contributed by atoms with E-state index in [9.17, 15) is 4.79 Å². The summed E-state index contributed by atoms with van der Waals surface area (Å²) in [6.45, 7) is 3.96. The molecule has 4 aromatic rings. The van der Waals surface area contributed by atoms with Crippen LogP contribution in [0.4, 0.5) is 5.69 Å². The van der Waals surface area contributed by atoms with Crippen molar-refractivity contribution in [2.75, 3.05) is 12.4 Å². The minimum Gasteiger partial charge on any atom is -0.497 e. The Morgan fingerprint density at radius 1 is 1.07 bits per heavy atom. The minimum absolute atomic E-state index is 0.197. The number of aryl methyl sites for hydroxylation is 2. The van der Waals surface area contributed by atoms with Gasteiger partial charge < -0.3 is 10.1 Å². The second kappa shape index (κ2) is 7.39. The van der Waals surface area contributed by atoms with E-state index in [1.165, 1.54) is 0 Å². The number of ether oxygens (including phenoxy) is 1. The second-order valence-electron chi connectivity index (χ2n) is 6.93. The topological polar surface area (TPSA) is 69.0 Å². The molecule has 0 fully saturated rings. The number of rotatable bonds is 4. The lowest BCUT2D eigenvalue weighted by Gasteiger charge is -2.11. The molecule has 2 aromatic carbocycles. The molecule has 4 rings (SSSR count). The van der Waals surface area contributed by atoms with Gasteiger partial charge in [-0.25, -0.2) is 4.98 Å². The van der Waals surface area contributed by atoms with Gasteiger partial charge in [-0.15, -0.1) is 0 Å². The molecule has 1 amide bonds. The van der Waals surface area contributed by atoms with Crippen molar-refractivity contribution in [3.05, 3.63) is 71.5 Å². The van der Waals surface area contributed by atoms with Gasteiger partial charge in [0.05, 0.1) is 29.6 Å². The van der Waals surface area contributed by atoms with E-state index in [-0.39, 0.29) is 5.91 Å². The SMILES string of the molecule is COc1cccc(NC(=O)c2cc(-c3c(C)nn(C)c3C)nc3ccccc23)c1. The highest BCUT2D eigenvalue weighted by molar-refractivity contribution is 6.13. The molecule has 2 aromatic heterocycles. The lowest BCUT2D eigenvalue weighted by atomic mass is 10.0. The van der Waals surface area contributed by atoms with Crippen LogP contribution in [0, 0.1) is 13.8 Å². The lowest BCUT2D eigenvalue weighted by molar-refractivity contribution is 0.102. The van der Waals surface area contributed by atoms with Crippen molar-refractivity contribution >= 4 is 22.5 Å². The molecular weight excluding hydrogens is 364 g/mol. The standard InChI is InChI=1S/C23H22N4O2/c1-14-22(15(2)27(3)26-14)21-13-19(18-10-5-6-11-20(18)25-21)23(28)24-16-8-7-9-17(12-16)29-4/h5-13H,1-4H3,(H,24,28). The summed E-state index contributed by atoms with van der Waals surface area (Å²) in [5, 5.41) is 8.26. The molecule has 146 valence electrons. The van der Waals surface area contributed by atoms with Crippen LogP contribution >= 0.6 is 0 Å². The first-order valence-electron chi connectivity index (χ1n) is 9.33. The van der Waals surface area contributed by atoms with Gasteiger partial charge in [-0.1, -0.05) is 24.3 Å². The third-order valence-electron chi connectivity index (χ3n) is 5.05. The summed E-state index contributed by atoms with van der Waals surface area (Å²) < 4.78 is 7.08. The summed E-state index contributed by atoms with van der Waals surface area (Å²) in [5.41, 5.74) is 5.58. The summed E-state index contributed by atoms with van der Waals surface area (Å²) in [4.78, 5) is 18.0. The first-order chi connectivity index (χ1) is 14.0. The number of methoxy groups -OCH3 is 1. The Hall–Kier alpha value is -3.67. The molecular formula is C23H22N4O2. The summed E-state index contributed by atoms with van der Waals surface area (Å²) in [5.74, 6) is 0.488. The molecule has 6 nitrogen and oxygen atoms in total. The van der Waals surface area contributed by atoms with Crippen molar-refractivity contribution in [2.24, 2.45) is 7.05 Å². The molecule has 0 bridgehead atoms. The van der Waals surface area contributed by atoms with Gasteiger partial charge in [0.25, 0.3) is 5.91 Å². The van der Waals surface area contributed by atoms with Crippen LogP contribution in [-0.4, -0.2) is 27.8 Å². The van der Waals surface area contributed by atoms with Crippen molar-refractivity contribution in [1.29, 1.82) is 0 Å². The first-order valence-corrected chi connectivity index (χ1v) is 9.33. The Balaban J connectivity index is 1.83. The predicted molar refractivity (Wildman–Crippen MR) is 114 cm³/mol. The van der Waals surface area contributed by atoms with Gasteiger partial charge in [-0.3, -0.25) is 9.48 Å². The van der Waals surface area contributed by atoms with Crippen molar-refractivity contribution in [1.82, 2.24) is 14.8 Å². The number of aromatic nitrogens is 3. The third kappa shape index (κ3) is 3.45. The van der Waals surface area contributed by atoms with Gasteiger partial charge in [-0.05, 0) is 38.1 Å². The third-order valence-corrected chi connectivity index (χ3v) is 5.05. The fourth-order valence-electron chi connectivity index (χ4n) is 3.53. The number of fused-ring (bicyclic) bond motifs is 1. The Morgan fingerprint density at radius 2 is 1.86 bits per heavy atom. The number of para-hydroxylation sites is 1. The summed E-state index contributed by atoms with van der Waals surface area (Å²) in [7, 11) is 3.51. The Bertz CT molecular complexity index is 1230. The summed E-state index contributed by atoms with van der Waals surface area (Å²) in [6, 6.07) is 16.8. The van der Waals surface area contributed by atoms with E-state index in [0.29, 0.717) is 17.0 Å². The minimum atomic E-state index is -0.197. The summed E-state index contributed by atoms with van der Waals surface area (Å²) in [6.07, 6.45) is 0. The number of anilines is 1. The van der Waals surface area contributed by atoms with Crippen molar-refractivity contribution in [2.45, 2.75) is 13.8 Å². The maximum absolute atomic E-state index is 13.2. The van der Waals surface area contributed by atoms with E-state index >= 15 is 0 Å². The van der Waals surface area contributed by atoms with Crippen molar-refractivity contribution in [3.63, 3.8) is 0 Å². The van der Waals surface area contributed by atoms with Crippen LogP contribution in [0.25, 0.3) is 22.2 Å². The number of benzene rings is 2. The number of nitrogens with one attached hydrogen (secondary N) is 1. The van der Waals surface area contributed by atoms with Crippen molar-refractivity contribution < 1.29 is 9.53 Å². The normalized spacial score (nSPS) is 10.9. The Morgan fingerprint density at radius 3 is 2.59 bits per heavy atom. The predicted octanol–water partition coefficient (Wildman–Crippen LogP) is 4.51. The molecule has 2 heterocycles. The van der Waals surface area contributed by atoms with E-state index in [0.717, 1.165) is 33.5 Å². The van der Waals surface area contributed by atoms with Gasteiger partial charge in [0.2, 0.25) is 0 Å². The molecule has 0 aliphatic carbocycles. The van der Waals surface area contributed by atoms with E-state index < -0.39 is 0 Å². The molecule has 0 aliphatic rings. The fourth-order valence-corrected chi connectivity index (χ4v) is 3.53. The number of carbonyl (C=O) groups excluding carboxylic acids is 1. The van der Waals surface area contributed by atoms with Crippen LogP contribution in [0.2, 0.25) is 0 Å². The first kappa shape index (κ1) is 18.7.